The summed E-state index contributed by atoms with van der Waals surface area (Å²) in [7, 11) is -4.02. The van der Waals surface area contributed by atoms with Gasteiger partial charge < -0.3 is 4.90 Å². The minimum absolute atomic E-state index is 0.0854. The molecule has 1 rings (SSSR count). The molecule has 0 atom stereocenters. The van der Waals surface area contributed by atoms with Crippen LogP contribution in [0.5, 0.6) is 0 Å². The van der Waals surface area contributed by atoms with E-state index in [0.29, 0.717) is 11.3 Å². The van der Waals surface area contributed by atoms with Gasteiger partial charge in [-0.3, -0.25) is 4.79 Å². The Morgan fingerprint density at radius 2 is 1.95 bits per heavy atom. The molecule has 0 unspecified atom stereocenters. The third-order valence-electron chi connectivity index (χ3n) is 2.56. The van der Waals surface area contributed by atoms with Crippen molar-refractivity contribution in [3.05, 3.63) is 29.8 Å². The lowest BCUT2D eigenvalue weighted by molar-refractivity contribution is -0.140. The molecule has 21 heavy (non-hydrogen) atoms. The van der Waals surface area contributed by atoms with Crippen LogP contribution >= 0.6 is 0 Å². The highest BCUT2D eigenvalue weighted by Crippen LogP contribution is 2.19. The van der Waals surface area contributed by atoms with E-state index in [2.05, 4.69) is 0 Å². The molecular formula is C12H15F3N2O3S. The highest BCUT2D eigenvalue weighted by atomic mass is 32.2. The van der Waals surface area contributed by atoms with Gasteiger partial charge in [-0.2, -0.15) is 13.2 Å². The summed E-state index contributed by atoms with van der Waals surface area (Å²) in [6.07, 6.45) is -4.18. The van der Waals surface area contributed by atoms with Crippen LogP contribution in [0.25, 0.3) is 0 Å². The molecule has 1 aromatic rings. The van der Waals surface area contributed by atoms with Gasteiger partial charge in [0.2, 0.25) is 10.0 Å². The molecule has 0 aliphatic rings. The van der Waals surface area contributed by atoms with Gasteiger partial charge in [-0.1, -0.05) is 13.0 Å². The highest BCUT2D eigenvalue weighted by Gasteiger charge is 2.33. The van der Waals surface area contributed by atoms with E-state index in [4.69, 9.17) is 5.14 Å². The normalized spacial score (nSPS) is 12.2. The number of carbonyl (C=O) groups is 1. The summed E-state index contributed by atoms with van der Waals surface area (Å²) in [5.41, 5.74) is -0.153. The van der Waals surface area contributed by atoms with Crippen molar-refractivity contribution in [1.29, 1.82) is 0 Å². The number of hydrogen-bond donors (Lipinski definition) is 1. The molecule has 0 aromatic heterocycles. The predicted octanol–water partition coefficient (Wildman–Crippen LogP) is 1.75. The van der Waals surface area contributed by atoms with Crippen molar-refractivity contribution in [2.45, 2.75) is 24.4 Å². The lowest BCUT2D eigenvalue weighted by Gasteiger charge is -2.23. The molecule has 0 bridgehead atoms. The second-order valence-corrected chi connectivity index (χ2v) is 5.98. The molecule has 0 fully saturated rings. The number of benzene rings is 1. The fraction of sp³-hybridized carbons (Fsp3) is 0.417. The van der Waals surface area contributed by atoms with Gasteiger partial charge in [0.25, 0.3) is 5.91 Å². The molecule has 1 aromatic carbocycles. The van der Waals surface area contributed by atoms with Gasteiger partial charge in [-0.05, 0) is 24.6 Å². The Labute approximate surface area is 120 Å². The first kappa shape index (κ1) is 17.4. The number of nitrogens with two attached hydrogens (primary N) is 1. The van der Waals surface area contributed by atoms with E-state index in [-0.39, 0.29) is 17.0 Å². The van der Waals surface area contributed by atoms with E-state index < -0.39 is 28.7 Å². The second kappa shape index (κ2) is 6.44. The zero-order valence-corrected chi connectivity index (χ0v) is 12.0. The van der Waals surface area contributed by atoms with Gasteiger partial charge in [-0.25, -0.2) is 13.6 Å². The van der Waals surface area contributed by atoms with Crippen LogP contribution in [0.15, 0.2) is 29.2 Å². The summed E-state index contributed by atoms with van der Waals surface area (Å²) < 4.78 is 59.8. The molecule has 1 amide bonds. The van der Waals surface area contributed by atoms with Crippen LogP contribution in [0.2, 0.25) is 0 Å². The highest BCUT2D eigenvalue weighted by molar-refractivity contribution is 7.89. The summed E-state index contributed by atoms with van der Waals surface area (Å²) in [4.78, 5) is 12.4. The van der Waals surface area contributed by atoms with Crippen LogP contribution in [0.1, 0.15) is 23.7 Å². The summed E-state index contributed by atoms with van der Waals surface area (Å²) >= 11 is 0. The molecule has 0 saturated heterocycles. The number of amides is 1. The molecule has 0 aliphatic carbocycles. The standard InChI is InChI=1S/C12H15F3N2O3S/c1-2-6-17(8-12(13,14)15)11(18)9-4-3-5-10(7-9)21(16,19)20/h3-5,7H,2,6,8H2,1H3,(H2,16,19,20). The minimum atomic E-state index is -4.53. The third-order valence-corrected chi connectivity index (χ3v) is 3.47. The van der Waals surface area contributed by atoms with Gasteiger partial charge in [-0.15, -0.1) is 0 Å². The predicted molar refractivity (Wildman–Crippen MR) is 70.1 cm³/mol. The fourth-order valence-electron chi connectivity index (χ4n) is 1.73. The van der Waals surface area contributed by atoms with E-state index in [9.17, 15) is 26.4 Å². The Balaban J connectivity index is 3.09. The Morgan fingerprint density at radius 3 is 2.43 bits per heavy atom. The zero-order valence-electron chi connectivity index (χ0n) is 11.2. The summed E-state index contributed by atoms with van der Waals surface area (Å²) in [6, 6.07) is 4.64. The summed E-state index contributed by atoms with van der Waals surface area (Å²) in [5.74, 6) is -0.889. The van der Waals surface area contributed by atoms with E-state index >= 15 is 0 Å². The molecule has 0 aliphatic heterocycles. The zero-order chi connectivity index (χ0) is 16.3. The molecule has 0 radical (unpaired) electrons. The number of rotatable bonds is 5. The van der Waals surface area contributed by atoms with Crippen LogP contribution in [-0.2, 0) is 10.0 Å². The molecule has 0 heterocycles. The van der Waals surface area contributed by atoms with Crippen LogP contribution < -0.4 is 5.14 Å². The van der Waals surface area contributed by atoms with Crippen molar-refractivity contribution in [1.82, 2.24) is 4.90 Å². The monoisotopic (exact) mass is 324 g/mol. The Morgan fingerprint density at radius 1 is 1.33 bits per heavy atom. The van der Waals surface area contributed by atoms with E-state index in [1.54, 1.807) is 6.92 Å². The number of carbonyl (C=O) groups excluding carboxylic acids is 1. The Kier molecular flexibility index (Phi) is 5.35. The molecule has 9 heteroatoms. The van der Waals surface area contributed by atoms with Crippen molar-refractivity contribution in [2.75, 3.05) is 13.1 Å². The maximum atomic E-state index is 12.5. The van der Waals surface area contributed by atoms with Gasteiger partial charge in [0.1, 0.15) is 6.54 Å². The first-order valence-corrected chi connectivity index (χ1v) is 7.58. The van der Waals surface area contributed by atoms with Crippen molar-refractivity contribution in [3.8, 4) is 0 Å². The van der Waals surface area contributed by atoms with Gasteiger partial charge in [0, 0.05) is 12.1 Å². The number of sulfonamides is 1. The fourth-order valence-corrected chi connectivity index (χ4v) is 2.29. The first-order valence-electron chi connectivity index (χ1n) is 6.03. The van der Waals surface area contributed by atoms with E-state index in [1.165, 1.54) is 18.2 Å². The lowest BCUT2D eigenvalue weighted by Crippen LogP contribution is -2.39. The second-order valence-electron chi connectivity index (χ2n) is 4.41. The molecule has 5 nitrogen and oxygen atoms in total. The molecule has 0 saturated carbocycles. The van der Waals surface area contributed by atoms with Crippen molar-refractivity contribution >= 4 is 15.9 Å². The summed E-state index contributed by atoms with van der Waals surface area (Å²) in [6.45, 7) is 0.161. The Hall–Kier alpha value is -1.61. The first-order chi connectivity index (χ1) is 9.54. The quantitative estimate of drug-likeness (QED) is 0.896. The number of primary sulfonamides is 1. The van der Waals surface area contributed by atoms with Gasteiger partial charge >= 0.3 is 6.18 Å². The number of halogens is 3. The van der Waals surface area contributed by atoms with E-state index in [0.717, 1.165) is 6.07 Å². The third kappa shape index (κ3) is 5.35. The SMILES string of the molecule is CCCN(CC(F)(F)F)C(=O)c1cccc(S(N)(=O)=O)c1. The van der Waals surface area contributed by atoms with Crippen LogP contribution in [-0.4, -0.2) is 38.5 Å². The van der Waals surface area contributed by atoms with Crippen LogP contribution in [0.4, 0.5) is 13.2 Å². The summed E-state index contributed by atoms with van der Waals surface area (Å²) in [5, 5.41) is 4.93. The van der Waals surface area contributed by atoms with Crippen LogP contribution in [0.3, 0.4) is 0 Å². The maximum Gasteiger partial charge on any atom is 0.406 e. The Bertz CT molecular complexity index is 614. The molecular weight excluding hydrogens is 309 g/mol. The van der Waals surface area contributed by atoms with Gasteiger partial charge in [0.15, 0.2) is 0 Å². The molecule has 118 valence electrons. The van der Waals surface area contributed by atoms with Crippen LogP contribution in [0, 0.1) is 0 Å². The van der Waals surface area contributed by atoms with Gasteiger partial charge in [0.05, 0.1) is 4.90 Å². The van der Waals surface area contributed by atoms with Crippen molar-refractivity contribution < 1.29 is 26.4 Å². The topological polar surface area (TPSA) is 80.5 Å². The average Bonchev–Trinajstić information content (AvgIpc) is 2.35. The minimum Gasteiger partial charge on any atom is -0.330 e. The van der Waals surface area contributed by atoms with Crippen molar-refractivity contribution in [3.63, 3.8) is 0 Å². The number of alkyl halides is 3. The number of hydrogen-bond acceptors (Lipinski definition) is 3. The molecule has 0 spiro atoms. The van der Waals surface area contributed by atoms with E-state index in [1.807, 2.05) is 0 Å². The molecule has 2 N–H and O–H groups in total. The smallest absolute Gasteiger partial charge is 0.330 e. The maximum absolute atomic E-state index is 12.5. The number of nitrogens with zero attached hydrogens (tertiary/aromatic N) is 1. The lowest BCUT2D eigenvalue weighted by atomic mass is 10.2. The average molecular weight is 324 g/mol. The van der Waals surface area contributed by atoms with Crippen molar-refractivity contribution in [2.24, 2.45) is 5.14 Å². The largest absolute Gasteiger partial charge is 0.406 e.